The molecule has 0 bridgehead atoms. The number of aliphatic hydroxyl groups is 1. The minimum absolute atomic E-state index is 0.117. The molecule has 0 aliphatic heterocycles. The minimum atomic E-state index is -0.573. The van der Waals surface area contributed by atoms with Crippen LogP contribution in [-0.4, -0.2) is 10.1 Å². The van der Waals surface area contributed by atoms with Gasteiger partial charge in [-0.3, -0.25) is 4.98 Å². The van der Waals surface area contributed by atoms with Crippen molar-refractivity contribution in [1.82, 2.24) is 4.98 Å². The molecule has 82 valence electrons. The van der Waals surface area contributed by atoms with Gasteiger partial charge in [0.2, 0.25) is 0 Å². The molecule has 16 heavy (non-hydrogen) atoms. The molecule has 0 aliphatic carbocycles. The average molecular weight is 221 g/mol. The van der Waals surface area contributed by atoms with Gasteiger partial charge in [-0.05, 0) is 30.3 Å². The highest BCUT2D eigenvalue weighted by Crippen LogP contribution is 2.22. The summed E-state index contributed by atoms with van der Waals surface area (Å²) in [7, 11) is 0. The maximum atomic E-state index is 13.7. The summed E-state index contributed by atoms with van der Waals surface area (Å²) in [6.07, 6.45) is 1.41. The van der Waals surface area contributed by atoms with Crippen molar-refractivity contribution in [3.63, 3.8) is 0 Å². The normalized spacial score (nSPS) is 10.4. The van der Waals surface area contributed by atoms with Gasteiger partial charge in [-0.1, -0.05) is 0 Å². The van der Waals surface area contributed by atoms with Crippen LogP contribution in [0.4, 0.5) is 8.78 Å². The van der Waals surface area contributed by atoms with E-state index in [1.54, 1.807) is 0 Å². The third-order valence-electron chi connectivity index (χ3n) is 2.26. The number of hydrogen-bond acceptors (Lipinski definition) is 2. The fourth-order valence-corrected chi connectivity index (χ4v) is 1.41. The van der Waals surface area contributed by atoms with Crippen molar-refractivity contribution in [2.45, 2.75) is 6.61 Å². The SMILES string of the molecule is OCc1ccnc(-c2ccc(F)cc2)c1F. The van der Waals surface area contributed by atoms with Crippen LogP contribution < -0.4 is 0 Å². The Morgan fingerprint density at radius 2 is 1.75 bits per heavy atom. The number of pyridine rings is 1. The van der Waals surface area contributed by atoms with Gasteiger partial charge in [0.25, 0.3) is 0 Å². The zero-order valence-electron chi connectivity index (χ0n) is 8.32. The van der Waals surface area contributed by atoms with Gasteiger partial charge in [0.05, 0.1) is 6.61 Å². The number of benzene rings is 1. The Morgan fingerprint density at radius 1 is 1.06 bits per heavy atom. The highest BCUT2D eigenvalue weighted by Gasteiger charge is 2.10. The molecule has 0 spiro atoms. The Kier molecular flexibility index (Phi) is 2.92. The molecule has 2 aromatic rings. The summed E-state index contributed by atoms with van der Waals surface area (Å²) in [5.41, 5.74) is 0.773. The van der Waals surface area contributed by atoms with Crippen LogP contribution >= 0.6 is 0 Å². The van der Waals surface area contributed by atoms with E-state index in [4.69, 9.17) is 5.11 Å². The van der Waals surface area contributed by atoms with Gasteiger partial charge in [0.15, 0.2) is 5.82 Å². The topological polar surface area (TPSA) is 33.1 Å². The van der Waals surface area contributed by atoms with Crippen molar-refractivity contribution in [2.24, 2.45) is 0 Å². The van der Waals surface area contributed by atoms with Crippen molar-refractivity contribution in [3.05, 3.63) is 53.7 Å². The number of rotatable bonds is 2. The first-order valence-corrected chi connectivity index (χ1v) is 4.72. The quantitative estimate of drug-likeness (QED) is 0.845. The Morgan fingerprint density at radius 3 is 2.38 bits per heavy atom. The standard InChI is InChI=1S/C12H9F2NO/c13-10-3-1-8(2-4-10)12-11(14)9(7-16)5-6-15-12/h1-6,16H,7H2. The van der Waals surface area contributed by atoms with E-state index in [-0.39, 0.29) is 23.7 Å². The van der Waals surface area contributed by atoms with E-state index in [0.717, 1.165) is 0 Å². The number of aromatic nitrogens is 1. The van der Waals surface area contributed by atoms with Crippen LogP contribution in [-0.2, 0) is 6.61 Å². The lowest BCUT2D eigenvalue weighted by atomic mass is 10.1. The van der Waals surface area contributed by atoms with Crippen molar-refractivity contribution in [2.75, 3.05) is 0 Å². The smallest absolute Gasteiger partial charge is 0.154 e. The lowest BCUT2D eigenvalue weighted by molar-refractivity contribution is 0.275. The van der Waals surface area contributed by atoms with E-state index in [9.17, 15) is 8.78 Å². The van der Waals surface area contributed by atoms with Crippen LogP contribution in [0.3, 0.4) is 0 Å². The van der Waals surface area contributed by atoms with Gasteiger partial charge in [-0.2, -0.15) is 0 Å². The van der Waals surface area contributed by atoms with Gasteiger partial charge in [0.1, 0.15) is 11.5 Å². The van der Waals surface area contributed by atoms with E-state index >= 15 is 0 Å². The van der Waals surface area contributed by atoms with Gasteiger partial charge >= 0.3 is 0 Å². The van der Waals surface area contributed by atoms with Gasteiger partial charge in [0, 0.05) is 17.3 Å². The molecule has 0 aliphatic rings. The van der Waals surface area contributed by atoms with Crippen molar-refractivity contribution < 1.29 is 13.9 Å². The van der Waals surface area contributed by atoms with E-state index in [1.807, 2.05) is 0 Å². The molecule has 2 rings (SSSR count). The molecule has 0 saturated carbocycles. The van der Waals surface area contributed by atoms with E-state index < -0.39 is 5.82 Å². The monoisotopic (exact) mass is 221 g/mol. The second-order valence-corrected chi connectivity index (χ2v) is 3.30. The van der Waals surface area contributed by atoms with Crippen LogP contribution in [0, 0.1) is 11.6 Å². The zero-order valence-corrected chi connectivity index (χ0v) is 8.32. The predicted molar refractivity (Wildman–Crippen MR) is 55.5 cm³/mol. The second kappa shape index (κ2) is 4.37. The van der Waals surface area contributed by atoms with E-state index in [1.165, 1.54) is 36.5 Å². The van der Waals surface area contributed by atoms with Gasteiger partial charge in [-0.25, -0.2) is 8.78 Å². The maximum absolute atomic E-state index is 13.7. The molecular formula is C12H9F2NO. The largest absolute Gasteiger partial charge is 0.392 e. The highest BCUT2D eigenvalue weighted by atomic mass is 19.1. The van der Waals surface area contributed by atoms with Crippen molar-refractivity contribution >= 4 is 0 Å². The van der Waals surface area contributed by atoms with Crippen molar-refractivity contribution in [3.8, 4) is 11.3 Å². The third kappa shape index (κ3) is 1.92. The van der Waals surface area contributed by atoms with E-state index in [0.29, 0.717) is 5.56 Å². The third-order valence-corrected chi connectivity index (χ3v) is 2.26. The molecule has 4 heteroatoms. The Bertz CT molecular complexity index is 497. The van der Waals surface area contributed by atoms with Crippen LogP contribution in [0.25, 0.3) is 11.3 Å². The minimum Gasteiger partial charge on any atom is -0.392 e. The lowest BCUT2D eigenvalue weighted by Crippen LogP contribution is -1.96. The molecule has 1 aromatic carbocycles. The summed E-state index contributed by atoms with van der Waals surface area (Å²) in [6, 6.07) is 6.77. The van der Waals surface area contributed by atoms with Crippen molar-refractivity contribution in [1.29, 1.82) is 0 Å². The number of hydrogen-bond donors (Lipinski definition) is 1. The lowest BCUT2D eigenvalue weighted by Gasteiger charge is -2.05. The Labute approximate surface area is 91.2 Å². The molecule has 0 fully saturated rings. The average Bonchev–Trinajstić information content (AvgIpc) is 2.31. The van der Waals surface area contributed by atoms with E-state index in [2.05, 4.69) is 4.98 Å². The fraction of sp³-hybridized carbons (Fsp3) is 0.0833. The molecule has 0 atom stereocenters. The Hall–Kier alpha value is -1.81. The summed E-state index contributed by atoms with van der Waals surface area (Å²) in [4.78, 5) is 3.88. The maximum Gasteiger partial charge on any atom is 0.154 e. The first-order chi connectivity index (χ1) is 7.72. The molecule has 0 radical (unpaired) electrons. The van der Waals surface area contributed by atoms with Crippen LogP contribution in [0.2, 0.25) is 0 Å². The number of halogens is 2. The summed E-state index contributed by atoms with van der Waals surface area (Å²) in [5, 5.41) is 8.91. The number of aliphatic hydroxyl groups excluding tert-OH is 1. The van der Waals surface area contributed by atoms with Crippen LogP contribution in [0.15, 0.2) is 36.5 Å². The predicted octanol–water partition coefficient (Wildman–Crippen LogP) is 2.52. The Balaban J connectivity index is 2.51. The molecule has 2 nitrogen and oxygen atoms in total. The van der Waals surface area contributed by atoms with Crippen LogP contribution in [0.1, 0.15) is 5.56 Å². The molecule has 1 aromatic heterocycles. The first kappa shape index (κ1) is 10.7. The zero-order chi connectivity index (χ0) is 11.5. The summed E-state index contributed by atoms with van der Waals surface area (Å²) < 4.78 is 26.4. The van der Waals surface area contributed by atoms with Gasteiger partial charge in [-0.15, -0.1) is 0 Å². The fourth-order valence-electron chi connectivity index (χ4n) is 1.41. The molecule has 0 saturated heterocycles. The molecule has 0 amide bonds. The first-order valence-electron chi connectivity index (χ1n) is 4.72. The highest BCUT2D eigenvalue weighted by molar-refractivity contribution is 5.60. The molecule has 1 heterocycles. The summed E-state index contributed by atoms with van der Waals surface area (Å²) in [5.74, 6) is -0.959. The second-order valence-electron chi connectivity index (χ2n) is 3.30. The van der Waals surface area contributed by atoms with Crippen LogP contribution in [0.5, 0.6) is 0 Å². The molecular weight excluding hydrogens is 212 g/mol. The number of nitrogens with zero attached hydrogens (tertiary/aromatic N) is 1. The van der Waals surface area contributed by atoms with Gasteiger partial charge < -0.3 is 5.11 Å². The summed E-state index contributed by atoms with van der Waals surface area (Å²) >= 11 is 0. The summed E-state index contributed by atoms with van der Waals surface area (Å²) in [6.45, 7) is -0.386. The molecule has 0 unspecified atom stereocenters. The molecule has 1 N–H and O–H groups in total.